The smallest absolute Gasteiger partial charge is 0.434 e. The molecular formula is C11H13ClN2O5. The zero-order valence-corrected chi connectivity index (χ0v) is 11.0. The number of nitro benzene ring substituents is 1. The van der Waals surface area contributed by atoms with Crippen LogP contribution in [0.5, 0.6) is 5.75 Å². The molecule has 0 spiro atoms. The summed E-state index contributed by atoms with van der Waals surface area (Å²) in [6.07, 6.45) is -0.277. The van der Waals surface area contributed by atoms with Crippen molar-refractivity contribution in [2.45, 2.75) is 6.42 Å². The lowest BCUT2D eigenvalue weighted by atomic mass is 10.3. The lowest BCUT2D eigenvalue weighted by Crippen LogP contribution is -2.15. The molecule has 0 radical (unpaired) electrons. The minimum atomic E-state index is -0.855. The van der Waals surface area contributed by atoms with Gasteiger partial charge in [0.15, 0.2) is 0 Å². The van der Waals surface area contributed by atoms with Gasteiger partial charge in [0.2, 0.25) is 0 Å². The molecule has 104 valence electrons. The Hall–Kier alpha value is -1.86. The van der Waals surface area contributed by atoms with Crippen LogP contribution in [0.2, 0.25) is 0 Å². The third kappa shape index (κ3) is 6.03. The van der Waals surface area contributed by atoms with E-state index in [2.05, 4.69) is 0 Å². The van der Waals surface area contributed by atoms with Gasteiger partial charge in [0.25, 0.3) is 5.69 Å². The van der Waals surface area contributed by atoms with Crippen molar-refractivity contribution in [3.05, 3.63) is 34.4 Å². The predicted molar refractivity (Wildman–Crippen MR) is 68.2 cm³/mol. The van der Waals surface area contributed by atoms with Crippen LogP contribution < -0.4 is 4.74 Å². The fourth-order valence-corrected chi connectivity index (χ4v) is 1.32. The average molecular weight is 289 g/mol. The van der Waals surface area contributed by atoms with Gasteiger partial charge in [0, 0.05) is 25.7 Å². The van der Waals surface area contributed by atoms with E-state index in [9.17, 15) is 14.9 Å². The van der Waals surface area contributed by atoms with E-state index in [4.69, 9.17) is 21.3 Å². The number of hydrogen-bond acceptors (Lipinski definition) is 6. The van der Waals surface area contributed by atoms with Gasteiger partial charge in [-0.05, 0) is 30.3 Å². The summed E-state index contributed by atoms with van der Waals surface area (Å²) in [4.78, 5) is 21.1. The van der Waals surface area contributed by atoms with Crippen LogP contribution in [0.4, 0.5) is 10.5 Å². The number of halogens is 1. The molecule has 0 aromatic heterocycles. The Balaban J connectivity index is 2.34. The van der Waals surface area contributed by atoms with Gasteiger partial charge in [-0.25, -0.2) is 9.21 Å². The molecule has 8 heteroatoms. The third-order valence-corrected chi connectivity index (χ3v) is 2.25. The Kier molecular flexibility index (Phi) is 6.04. The van der Waals surface area contributed by atoms with E-state index in [-0.39, 0.29) is 18.0 Å². The average Bonchev–Trinajstić information content (AvgIpc) is 2.35. The molecule has 0 saturated carbocycles. The molecule has 0 heterocycles. The van der Waals surface area contributed by atoms with Gasteiger partial charge in [-0.3, -0.25) is 10.1 Å². The Morgan fingerprint density at radius 1 is 1.42 bits per heavy atom. The van der Waals surface area contributed by atoms with Crippen LogP contribution in [0, 0.1) is 10.1 Å². The largest absolute Gasteiger partial charge is 0.513 e. The summed E-state index contributed by atoms with van der Waals surface area (Å²) < 4.78 is 11.1. The molecule has 0 fully saturated rings. The number of nitro groups is 1. The first-order chi connectivity index (χ1) is 8.99. The van der Waals surface area contributed by atoms with Crippen molar-refractivity contribution in [3.63, 3.8) is 0 Å². The highest BCUT2D eigenvalue weighted by Crippen LogP contribution is 2.17. The second kappa shape index (κ2) is 7.55. The fraction of sp³-hybridized carbons (Fsp3) is 0.364. The number of rotatable bonds is 6. The monoisotopic (exact) mass is 288 g/mol. The van der Waals surface area contributed by atoms with Crippen molar-refractivity contribution >= 4 is 23.6 Å². The van der Waals surface area contributed by atoms with Gasteiger partial charge in [-0.15, -0.1) is 0 Å². The maximum Gasteiger partial charge on any atom is 0.513 e. The van der Waals surface area contributed by atoms with Crippen LogP contribution in [-0.2, 0) is 4.74 Å². The van der Waals surface area contributed by atoms with E-state index in [1.165, 1.54) is 28.7 Å². The molecule has 7 nitrogen and oxygen atoms in total. The number of benzene rings is 1. The molecular weight excluding hydrogens is 276 g/mol. The standard InChI is InChI=1S/C11H13ClN2O5/c1-13(12)7-2-8-18-11(15)19-10-5-3-9(4-6-10)14(16)17/h3-6H,2,7-8H2,1H3. The highest BCUT2D eigenvalue weighted by Gasteiger charge is 2.09. The van der Waals surface area contributed by atoms with Gasteiger partial charge in [0.1, 0.15) is 5.75 Å². The van der Waals surface area contributed by atoms with E-state index in [1.54, 1.807) is 7.05 Å². The summed E-state index contributed by atoms with van der Waals surface area (Å²) in [5, 5.41) is 10.4. The Morgan fingerprint density at radius 2 is 2.05 bits per heavy atom. The first-order valence-corrected chi connectivity index (χ1v) is 5.79. The number of non-ortho nitro benzene ring substituents is 1. The Bertz CT molecular complexity index is 435. The van der Waals surface area contributed by atoms with Crippen molar-refractivity contribution in [1.29, 1.82) is 0 Å². The molecule has 0 aliphatic rings. The first kappa shape index (κ1) is 15.2. The molecule has 0 unspecified atom stereocenters. The predicted octanol–water partition coefficient (Wildman–Crippen LogP) is 2.59. The number of nitrogens with zero attached hydrogens (tertiary/aromatic N) is 2. The van der Waals surface area contributed by atoms with Gasteiger partial charge in [0.05, 0.1) is 11.5 Å². The van der Waals surface area contributed by atoms with Crippen LogP contribution in [-0.4, -0.2) is 35.7 Å². The van der Waals surface area contributed by atoms with E-state index >= 15 is 0 Å². The highest BCUT2D eigenvalue weighted by molar-refractivity contribution is 6.13. The van der Waals surface area contributed by atoms with Crippen molar-refractivity contribution in [1.82, 2.24) is 4.42 Å². The Labute approximate surface area is 114 Å². The molecule has 1 aromatic carbocycles. The van der Waals surface area contributed by atoms with Gasteiger partial charge in [-0.1, -0.05) is 0 Å². The molecule has 0 aliphatic carbocycles. The SMILES string of the molecule is CN(Cl)CCCOC(=O)Oc1ccc([N+](=O)[O-])cc1. The number of ether oxygens (including phenoxy) is 2. The fourth-order valence-electron chi connectivity index (χ4n) is 1.20. The first-order valence-electron chi connectivity index (χ1n) is 5.45. The van der Waals surface area contributed by atoms with Crippen molar-refractivity contribution in [2.75, 3.05) is 20.2 Å². The van der Waals surface area contributed by atoms with Gasteiger partial charge in [-0.2, -0.15) is 0 Å². The summed E-state index contributed by atoms with van der Waals surface area (Å²) in [5.41, 5.74) is -0.0779. The highest BCUT2D eigenvalue weighted by atomic mass is 35.5. The van der Waals surface area contributed by atoms with Crippen LogP contribution >= 0.6 is 11.8 Å². The molecule has 0 N–H and O–H groups in total. The van der Waals surface area contributed by atoms with Crippen molar-refractivity contribution < 1.29 is 19.2 Å². The third-order valence-electron chi connectivity index (χ3n) is 2.08. The molecule has 0 aliphatic heterocycles. The van der Waals surface area contributed by atoms with Crippen LogP contribution in [0.3, 0.4) is 0 Å². The summed E-state index contributed by atoms with van der Waals surface area (Å²) in [7, 11) is 1.69. The van der Waals surface area contributed by atoms with Crippen LogP contribution in [0.25, 0.3) is 0 Å². The maximum atomic E-state index is 11.3. The van der Waals surface area contributed by atoms with E-state index in [0.717, 1.165) is 0 Å². The second-order valence-corrected chi connectivity index (χ2v) is 4.21. The van der Waals surface area contributed by atoms with Gasteiger partial charge >= 0.3 is 6.16 Å². The van der Waals surface area contributed by atoms with Crippen molar-refractivity contribution in [3.8, 4) is 5.75 Å². The summed E-state index contributed by atoms with van der Waals surface area (Å²) in [6, 6.07) is 5.13. The van der Waals surface area contributed by atoms with Crippen molar-refractivity contribution in [2.24, 2.45) is 0 Å². The second-order valence-electron chi connectivity index (χ2n) is 3.63. The summed E-state index contributed by atoms with van der Waals surface area (Å²) in [5.74, 6) is 0.185. The zero-order valence-electron chi connectivity index (χ0n) is 10.2. The summed E-state index contributed by atoms with van der Waals surface area (Å²) >= 11 is 5.57. The normalized spacial score (nSPS) is 10.3. The van der Waals surface area contributed by atoms with E-state index in [1.807, 2.05) is 0 Å². The molecule has 19 heavy (non-hydrogen) atoms. The molecule has 0 atom stereocenters. The lowest BCUT2D eigenvalue weighted by molar-refractivity contribution is -0.384. The molecule has 1 rings (SSSR count). The number of carbonyl (C=O) groups is 1. The van der Waals surface area contributed by atoms with E-state index in [0.29, 0.717) is 13.0 Å². The van der Waals surface area contributed by atoms with Crippen LogP contribution in [0.1, 0.15) is 6.42 Å². The molecule has 0 amide bonds. The van der Waals surface area contributed by atoms with E-state index < -0.39 is 11.1 Å². The lowest BCUT2D eigenvalue weighted by Gasteiger charge is -2.07. The zero-order chi connectivity index (χ0) is 14.3. The molecule has 0 saturated heterocycles. The molecule has 0 bridgehead atoms. The number of carbonyl (C=O) groups excluding carboxylic acids is 1. The van der Waals surface area contributed by atoms with Gasteiger partial charge < -0.3 is 9.47 Å². The maximum absolute atomic E-state index is 11.3. The number of hydrogen-bond donors (Lipinski definition) is 0. The minimum absolute atomic E-state index is 0.0779. The topological polar surface area (TPSA) is 81.9 Å². The molecule has 1 aromatic rings. The van der Waals surface area contributed by atoms with Crippen LogP contribution in [0.15, 0.2) is 24.3 Å². The summed E-state index contributed by atoms with van der Waals surface area (Å²) in [6.45, 7) is 0.759. The quantitative estimate of drug-likeness (QED) is 0.200. The minimum Gasteiger partial charge on any atom is -0.434 e. The Morgan fingerprint density at radius 3 is 2.58 bits per heavy atom.